The zero-order valence-electron chi connectivity index (χ0n) is 6.53. The highest BCUT2D eigenvalue weighted by molar-refractivity contribution is 7.32. The van der Waals surface area contributed by atoms with E-state index in [-0.39, 0.29) is 18.9 Å². The molecule has 1 atom stereocenters. The summed E-state index contributed by atoms with van der Waals surface area (Å²) in [7, 11) is -3.13. The Morgan fingerprint density at radius 1 is 1.62 bits per heavy atom. The molecule has 0 heterocycles. The Kier molecular flexibility index (Phi) is 5.86. The first-order valence-corrected chi connectivity index (χ1v) is 4.48. The van der Waals surface area contributed by atoms with Gasteiger partial charge >= 0.3 is 14.2 Å². The van der Waals surface area contributed by atoms with E-state index in [2.05, 4.69) is 9.94 Å². The maximum atomic E-state index is 10.00. The van der Waals surface area contributed by atoms with Gasteiger partial charge in [0, 0.05) is 6.54 Å². The SMILES string of the molecule is N=C(NCCC(=O)O)NO[PH](=O)O. The van der Waals surface area contributed by atoms with Crippen LogP contribution in [0.25, 0.3) is 0 Å². The third-order valence-electron chi connectivity index (χ3n) is 0.881. The predicted molar refractivity (Wildman–Crippen MR) is 43.4 cm³/mol. The zero-order chi connectivity index (χ0) is 10.3. The van der Waals surface area contributed by atoms with E-state index in [9.17, 15) is 9.36 Å². The van der Waals surface area contributed by atoms with Gasteiger partial charge in [-0.05, 0) is 0 Å². The van der Waals surface area contributed by atoms with Crippen LogP contribution < -0.4 is 10.8 Å². The van der Waals surface area contributed by atoms with E-state index in [4.69, 9.17) is 15.4 Å². The third kappa shape index (κ3) is 8.80. The van der Waals surface area contributed by atoms with Gasteiger partial charge in [0.05, 0.1) is 6.42 Å². The van der Waals surface area contributed by atoms with Gasteiger partial charge in [-0.2, -0.15) is 4.62 Å². The number of carboxylic acid groups (broad SMARTS) is 1. The monoisotopic (exact) mass is 211 g/mol. The number of nitrogens with one attached hydrogen (secondary N) is 3. The lowest BCUT2D eigenvalue weighted by atomic mass is 10.4. The van der Waals surface area contributed by atoms with E-state index < -0.39 is 14.2 Å². The van der Waals surface area contributed by atoms with Crippen LogP contribution in [-0.2, 0) is 14.0 Å². The van der Waals surface area contributed by atoms with Crippen molar-refractivity contribution < 1.29 is 24.0 Å². The molecule has 0 aliphatic carbocycles. The number of aliphatic carboxylic acids is 1. The van der Waals surface area contributed by atoms with Gasteiger partial charge in [0.15, 0.2) is 0 Å². The van der Waals surface area contributed by atoms with Crippen LogP contribution in [0.2, 0.25) is 0 Å². The Hall–Kier alpha value is -1.11. The first kappa shape index (κ1) is 11.9. The number of hydrogen-bond acceptors (Lipinski definition) is 4. The van der Waals surface area contributed by atoms with E-state index in [0.29, 0.717) is 0 Å². The average Bonchev–Trinajstić information content (AvgIpc) is 2.00. The van der Waals surface area contributed by atoms with Crippen molar-refractivity contribution in [1.29, 1.82) is 5.41 Å². The number of hydroxylamine groups is 1. The summed E-state index contributed by atoms with van der Waals surface area (Å²) in [6, 6.07) is 0. The quantitative estimate of drug-likeness (QED) is 0.168. The maximum absolute atomic E-state index is 10.00. The molecule has 0 saturated carbocycles. The second kappa shape index (κ2) is 6.41. The van der Waals surface area contributed by atoms with Crippen LogP contribution in [0.1, 0.15) is 6.42 Å². The lowest BCUT2D eigenvalue weighted by molar-refractivity contribution is -0.136. The molecule has 5 N–H and O–H groups in total. The van der Waals surface area contributed by atoms with Crippen LogP contribution in [-0.4, -0.2) is 28.5 Å². The van der Waals surface area contributed by atoms with Gasteiger partial charge < -0.3 is 15.3 Å². The van der Waals surface area contributed by atoms with Crippen molar-refractivity contribution in [3.8, 4) is 0 Å². The minimum Gasteiger partial charge on any atom is -0.481 e. The van der Waals surface area contributed by atoms with E-state index in [1.54, 1.807) is 0 Å². The molecule has 0 bridgehead atoms. The van der Waals surface area contributed by atoms with E-state index >= 15 is 0 Å². The summed E-state index contributed by atoms with van der Waals surface area (Å²) >= 11 is 0. The molecule has 13 heavy (non-hydrogen) atoms. The topological polar surface area (TPSA) is 132 Å². The molecule has 0 radical (unpaired) electrons. The van der Waals surface area contributed by atoms with Crippen molar-refractivity contribution >= 4 is 20.2 Å². The molecule has 0 amide bonds. The summed E-state index contributed by atoms with van der Waals surface area (Å²) in [5.41, 5.74) is 1.82. The molecule has 76 valence electrons. The van der Waals surface area contributed by atoms with E-state index in [1.807, 2.05) is 5.48 Å². The number of carboxylic acids is 1. The first-order chi connectivity index (χ1) is 6.02. The van der Waals surface area contributed by atoms with Crippen molar-refractivity contribution in [1.82, 2.24) is 10.8 Å². The minimum absolute atomic E-state index is 0.0386. The Morgan fingerprint density at radius 3 is 2.69 bits per heavy atom. The number of guanidine groups is 1. The molecule has 8 nitrogen and oxygen atoms in total. The fourth-order valence-corrected chi connectivity index (χ4v) is 0.615. The minimum atomic E-state index is -3.13. The molecule has 0 aromatic heterocycles. The van der Waals surface area contributed by atoms with Crippen molar-refractivity contribution in [2.45, 2.75) is 6.42 Å². The van der Waals surface area contributed by atoms with Crippen molar-refractivity contribution in [3.05, 3.63) is 0 Å². The second-order valence-corrected chi connectivity index (χ2v) is 2.65. The summed E-state index contributed by atoms with van der Waals surface area (Å²) < 4.78 is 13.9. The highest BCUT2D eigenvalue weighted by Gasteiger charge is 1.99. The summed E-state index contributed by atoms with van der Waals surface area (Å²) in [5, 5.41) is 17.5. The smallest absolute Gasteiger partial charge is 0.337 e. The van der Waals surface area contributed by atoms with Gasteiger partial charge in [-0.25, -0.2) is 5.48 Å². The fraction of sp³-hybridized carbons (Fsp3) is 0.500. The van der Waals surface area contributed by atoms with Crippen LogP contribution in [0.4, 0.5) is 0 Å². The Bertz CT molecular complexity index is 220. The van der Waals surface area contributed by atoms with Gasteiger partial charge in [-0.3, -0.25) is 14.8 Å². The van der Waals surface area contributed by atoms with Crippen molar-refractivity contribution in [2.75, 3.05) is 6.54 Å². The predicted octanol–water partition coefficient (Wildman–Crippen LogP) is -1.11. The molecule has 0 aliphatic rings. The van der Waals surface area contributed by atoms with Gasteiger partial charge in [0.2, 0.25) is 5.96 Å². The molecule has 0 aromatic carbocycles. The van der Waals surface area contributed by atoms with Crippen LogP contribution in [0.3, 0.4) is 0 Å². The molecular formula is C4H10N3O5P. The highest BCUT2D eigenvalue weighted by atomic mass is 31.1. The highest BCUT2D eigenvalue weighted by Crippen LogP contribution is 2.10. The number of carbonyl (C=O) groups is 1. The van der Waals surface area contributed by atoms with Crippen LogP contribution in [0.5, 0.6) is 0 Å². The lowest BCUT2D eigenvalue weighted by Gasteiger charge is -2.06. The maximum Gasteiger partial charge on any atom is 0.337 e. The van der Waals surface area contributed by atoms with E-state index in [0.717, 1.165) is 0 Å². The molecular weight excluding hydrogens is 201 g/mol. The molecule has 0 saturated heterocycles. The molecule has 0 fully saturated rings. The fourth-order valence-electron chi connectivity index (χ4n) is 0.425. The van der Waals surface area contributed by atoms with Gasteiger partial charge in [0.1, 0.15) is 0 Å². The molecule has 9 heteroatoms. The van der Waals surface area contributed by atoms with Crippen molar-refractivity contribution in [2.24, 2.45) is 0 Å². The summed E-state index contributed by atoms with van der Waals surface area (Å²) in [5.74, 6) is -1.37. The summed E-state index contributed by atoms with van der Waals surface area (Å²) in [4.78, 5) is 18.2. The summed E-state index contributed by atoms with van der Waals surface area (Å²) in [6.07, 6.45) is -0.154. The molecule has 0 aliphatic heterocycles. The standard InChI is InChI=1S/C4H10N3O5P/c5-4(7-12-13(10)11)6-2-1-3(8)9/h13H,1-2H2,(H,8,9)(H,10,11)(H3,5,6,7). The number of hydrogen-bond donors (Lipinski definition) is 5. The summed E-state index contributed by atoms with van der Waals surface area (Å²) in [6.45, 7) is 0.0386. The Labute approximate surface area is 74.3 Å². The number of rotatable bonds is 5. The van der Waals surface area contributed by atoms with Gasteiger partial charge in [0.25, 0.3) is 0 Å². The van der Waals surface area contributed by atoms with E-state index in [1.165, 1.54) is 0 Å². The molecule has 0 spiro atoms. The molecule has 0 rings (SSSR count). The van der Waals surface area contributed by atoms with Gasteiger partial charge in [-0.15, -0.1) is 0 Å². The normalized spacial score (nSPS) is 11.8. The largest absolute Gasteiger partial charge is 0.481 e. The average molecular weight is 211 g/mol. The molecule has 1 unspecified atom stereocenters. The Balaban J connectivity index is 3.41. The first-order valence-electron chi connectivity index (χ1n) is 3.22. The van der Waals surface area contributed by atoms with Crippen LogP contribution in [0.15, 0.2) is 0 Å². The second-order valence-electron chi connectivity index (χ2n) is 1.92. The third-order valence-corrected chi connectivity index (χ3v) is 1.16. The lowest BCUT2D eigenvalue weighted by Crippen LogP contribution is -2.36. The van der Waals surface area contributed by atoms with Crippen molar-refractivity contribution in [3.63, 3.8) is 0 Å². The molecule has 0 aromatic rings. The van der Waals surface area contributed by atoms with Gasteiger partial charge in [-0.1, -0.05) is 0 Å². The zero-order valence-corrected chi connectivity index (χ0v) is 7.53. The van der Waals surface area contributed by atoms with Crippen LogP contribution >= 0.6 is 8.25 Å². The Morgan fingerprint density at radius 2 is 2.23 bits per heavy atom. The van der Waals surface area contributed by atoms with Crippen LogP contribution in [0, 0.1) is 5.41 Å².